The Labute approximate surface area is 332 Å². The summed E-state index contributed by atoms with van der Waals surface area (Å²) in [4.78, 5) is 34.9. The van der Waals surface area contributed by atoms with E-state index in [2.05, 4.69) is 91.3 Å². The fourth-order valence-corrected chi connectivity index (χ4v) is 5.68. The van der Waals surface area contributed by atoms with Gasteiger partial charge >= 0.3 is 19.8 Å². The van der Waals surface area contributed by atoms with Crippen LogP contribution in [0.15, 0.2) is 85.1 Å². The van der Waals surface area contributed by atoms with E-state index in [4.69, 9.17) is 19.1 Å². The molecular weight excluding hydrogens is 719 g/mol. The Bertz CT molecular complexity index is 1190. The van der Waals surface area contributed by atoms with Crippen LogP contribution in [0.3, 0.4) is 0 Å². The molecule has 0 aromatic heterocycles. The molecular formula is C44H73O10P. The highest BCUT2D eigenvalue weighted by atomic mass is 31.2. The van der Waals surface area contributed by atoms with Gasteiger partial charge in [0.2, 0.25) is 0 Å². The lowest BCUT2D eigenvalue weighted by Crippen LogP contribution is -2.29. The Morgan fingerprint density at radius 2 is 1.04 bits per heavy atom. The van der Waals surface area contributed by atoms with Crippen LogP contribution in [-0.4, -0.2) is 65.7 Å². The molecule has 0 heterocycles. The monoisotopic (exact) mass is 792 g/mol. The van der Waals surface area contributed by atoms with E-state index in [1.807, 2.05) is 12.2 Å². The average Bonchev–Trinajstić information content (AvgIpc) is 3.17. The second-order valence-electron chi connectivity index (χ2n) is 13.3. The number of carbonyl (C=O) groups is 2. The summed E-state index contributed by atoms with van der Waals surface area (Å²) in [6.45, 7) is 2.12. The summed E-state index contributed by atoms with van der Waals surface area (Å²) in [5.41, 5.74) is 0. The minimum Gasteiger partial charge on any atom is -0.462 e. The molecule has 0 radical (unpaired) electrons. The molecule has 55 heavy (non-hydrogen) atoms. The summed E-state index contributed by atoms with van der Waals surface area (Å²) in [6, 6.07) is 0. The molecule has 0 aliphatic carbocycles. The second kappa shape index (κ2) is 39.4. The predicted octanol–water partition coefficient (Wildman–Crippen LogP) is 10.7. The van der Waals surface area contributed by atoms with E-state index < -0.39 is 51.8 Å². The molecule has 0 aromatic carbocycles. The molecule has 0 aliphatic rings. The Kier molecular flexibility index (Phi) is 37.3. The first-order valence-corrected chi connectivity index (χ1v) is 22.0. The van der Waals surface area contributed by atoms with E-state index in [1.54, 1.807) is 0 Å². The second-order valence-corrected chi connectivity index (χ2v) is 14.7. The van der Waals surface area contributed by atoms with Crippen molar-refractivity contribution < 1.29 is 47.8 Å². The van der Waals surface area contributed by atoms with Crippen LogP contribution in [0.25, 0.3) is 0 Å². The lowest BCUT2D eigenvalue weighted by Gasteiger charge is -2.20. The molecule has 3 N–H and O–H groups in total. The summed E-state index contributed by atoms with van der Waals surface area (Å²) < 4.78 is 32.5. The van der Waals surface area contributed by atoms with Crippen LogP contribution in [0, 0.1) is 0 Å². The van der Waals surface area contributed by atoms with Crippen LogP contribution in [-0.2, 0) is 32.7 Å². The number of unbranched alkanes of at least 4 members (excludes halogenated alkanes) is 9. The number of hydrogen-bond acceptors (Lipinski definition) is 9. The van der Waals surface area contributed by atoms with Crippen molar-refractivity contribution >= 4 is 19.8 Å². The van der Waals surface area contributed by atoms with Crippen molar-refractivity contribution in [3.05, 3.63) is 85.1 Å². The maximum Gasteiger partial charge on any atom is 0.472 e. The third-order valence-electron chi connectivity index (χ3n) is 8.05. The molecule has 11 heteroatoms. The van der Waals surface area contributed by atoms with Gasteiger partial charge in [-0.05, 0) is 77.0 Å². The van der Waals surface area contributed by atoms with Crippen LogP contribution in [0.2, 0.25) is 0 Å². The maximum absolute atomic E-state index is 12.5. The van der Waals surface area contributed by atoms with Crippen molar-refractivity contribution in [2.75, 3.05) is 26.4 Å². The molecule has 3 atom stereocenters. The zero-order chi connectivity index (χ0) is 40.5. The van der Waals surface area contributed by atoms with Gasteiger partial charge < -0.3 is 24.6 Å². The first-order chi connectivity index (χ1) is 26.7. The largest absolute Gasteiger partial charge is 0.472 e. The van der Waals surface area contributed by atoms with Crippen molar-refractivity contribution in [1.29, 1.82) is 0 Å². The first-order valence-electron chi connectivity index (χ1n) is 20.5. The minimum atomic E-state index is -4.64. The van der Waals surface area contributed by atoms with E-state index >= 15 is 0 Å². The number of aliphatic hydroxyl groups is 2. The molecule has 2 unspecified atom stereocenters. The molecule has 0 aliphatic heterocycles. The summed E-state index contributed by atoms with van der Waals surface area (Å²) >= 11 is 0. The molecule has 0 saturated carbocycles. The molecule has 0 bridgehead atoms. The van der Waals surface area contributed by atoms with Crippen molar-refractivity contribution in [3.63, 3.8) is 0 Å². The summed E-state index contributed by atoms with van der Waals surface area (Å²) in [6.07, 6.45) is 45.7. The third kappa shape index (κ3) is 39.2. The van der Waals surface area contributed by atoms with Crippen molar-refractivity contribution in [2.45, 2.75) is 154 Å². The lowest BCUT2D eigenvalue weighted by atomic mass is 10.1. The first kappa shape index (κ1) is 52.2. The van der Waals surface area contributed by atoms with E-state index in [1.165, 1.54) is 38.5 Å². The number of hydrogen-bond donors (Lipinski definition) is 3. The molecule has 0 aromatic rings. The summed E-state index contributed by atoms with van der Waals surface area (Å²) in [7, 11) is -4.64. The van der Waals surface area contributed by atoms with E-state index in [-0.39, 0.29) is 19.4 Å². The van der Waals surface area contributed by atoms with Crippen molar-refractivity contribution in [1.82, 2.24) is 0 Å². The number of allylic oxidation sites excluding steroid dienone is 14. The Balaban J connectivity index is 4.46. The standard InChI is InChI=1S/C44H73O10P/c1-3-5-7-9-11-13-15-17-18-19-20-21-22-24-25-27-29-31-33-35-43(47)51-39-42(40-53-55(49,50)52-38-41(46)37-45)54-44(48)36-34-32-30-28-26-23-16-14-12-10-8-6-4-2/h5,7,11,13,17-18,20-21,23-26,30,32,41-42,45-46H,3-4,6,8-10,12,14-16,19,22,27-29,31,33-40H2,1-2H3,(H,49,50)/b7-5+,13-11+,18-17+,21-20+,25-24+,26-23+,32-30+/t41-,42?/m1/s1. The van der Waals surface area contributed by atoms with Crippen LogP contribution >= 0.6 is 7.82 Å². The maximum atomic E-state index is 12.5. The van der Waals surface area contributed by atoms with E-state index in [0.29, 0.717) is 12.8 Å². The van der Waals surface area contributed by atoms with Gasteiger partial charge in [-0.25, -0.2) is 4.57 Å². The topological polar surface area (TPSA) is 149 Å². The van der Waals surface area contributed by atoms with E-state index in [0.717, 1.165) is 64.2 Å². The number of aliphatic hydroxyl groups excluding tert-OH is 2. The zero-order valence-corrected chi connectivity index (χ0v) is 34.7. The highest BCUT2D eigenvalue weighted by molar-refractivity contribution is 7.47. The normalized spacial score (nSPS) is 14.8. The quantitative estimate of drug-likeness (QED) is 0.0240. The number of carbonyl (C=O) groups excluding carboxylic acids is 2. The van der Waals surface area contributed by atoms with E-state index in [9.17, 15) is 24.2 Å². The fraction of sp³-hybridized carbons (Fsp3) is 0.636. The van der Waals surface area contributed by atoms with Gasteiger partial charge in [-0.2, -0.15) is 0 Å². The minimum absolute atomic E-state index is 0.0658. The van der Waals surface area contributed by atoms with Crippen LogP contribution in [0.4, 0.5) is 0 Å². The highest BCUT2D eigenvalue weighted by Crippen LogP contribution is 2.43. The number of ether oxygens (including phenoxy) is 2. The average molecular weight is 793 g/mol. The van der Waals surface area contributed by atoms with Gasteiger partial charge in [0.25, 0.3) is 0 Å². The molecule has 314 valence electrons. The molecule has 0 saturated heterocycles. The van der Waals surface area contributed by atoms with Crippen LogP contribution < -0.4 is 0 Å². The Hall–Kier alpha value is -2.85. The Morgan fingerprint density at radius 3 is 1.58 bits per heavy atom. The molecule has 10 nitrogen and oxygen atoms in total. The summed E-state index contributed by atoms with van der Waals surface area (Å²) in [5.74, 6) is -1.05. The zero-order valence-electron chi connectivity index (χ0n) is 33.9. The molecule has 0 fully saturated rings. The van der Waals surface area contributed by atoms with Crippen molar-refractivity contribution in [3.8, 4) is 0 Å². The summed E-state index contributed by atoms with van der Waals surface area (Å²) in [5, 5.41) is 18.3. The fourth-order valence-electron chi connectivity index (χ4n) is 4.89. The molecule has 0 spiro atoms. The number of phosphoric ester groups is 1. The van der Waals surface area contributed by atoms with Gasteiger partial charge in [0.05, 0.1) is 19.8 Å². The highest BCUT2D eigenvalue weighted by Gasteiger charge is 2.27. The lowest BCUT2D eigenvalue weighted by molar-refractivity contribution is -0.161. The predicted molar refractivity (Wildman–Crippen MR) is 223 cm³/mol. The van der Waals surface area contributed by atoms with Crippen molar-refractivity contribution in [2.24, 2.45) is 0 Å². The molecule has 0 amide bonds. The SMILES string of the molecule is CC/C=C/C/C=C/C/C=C/C/C=C/C/C=C/CCCCCC(=O)OCC(COP(=O)(O)OC[C@H](O)CO)OC(=O)CC/C=C/C/C=C/CCCCCCCC. The van der Waals surface area contributed by atoms with Gasteiger partial charge in [0, 0.05) is 12.8 Å². The van der Waals surface area contributed by atoms with Gasteiger partial charge in [0.15, 0.2) is 6.10 Å². The number of esters is 2. The van der Waals surface area contributed by atoms with Gasteiger partial charge in [-0.3, -0.25) is 18.6 Å². The van der Waals surface area contributed by atoms with Gasteiger partial charge in [-0.1, -0.05) is 137 Å². The van der Waals surface area contributed by atoms with Crippen LogP contribution in [0.5, 0.6) is 0 Å². The number of rotatable bonds is 37. The number of phosphoric acid groups is 1. The molecule has 0 rings (SSSR count). The Morgan fingerprint density at radius 1 is 0.564 bits per heavy atom. The van der Waals surface area contributed by atoms with Crippen LogP contribution in [0.1, 0.15) is 142 Å². The van der Waals surface area contributed by atoms with Gasteiger partial charge in [0.1, 0.15) is 12.7 Å². The van der Waals surface area contributed by atoms with Gasteiger partial charge in [-0.15, -0.1) is 0 Å². The third-order valence-corrected chi connectivity index (χ3v) is 9.00. The smallest absolute Gasteiger partial charge is 0.462 e.